The van der Waals surface area contributed by atoms with E-state index in [2.05, 4.69) is 46.8 Å². The van der Waals surface area contributed by atoms with Gasteiger partial charge in [-0.25, -0.2) is 8.42 Å². The van der Waals surface area contributed by atoms with Crippen LogP contribution < -0.4 is 4.72 Å². The average Bonchev–Trinajstić information content (AvgIpc) is 2.66. The minimum atomic E-state index is -3.67. The largest absolute Gasteiger partial charge is 0.264 e. The number of hydrogen-bond donors (Lipinski definition) is 1. The molecule has 0 saturated carbocycles. The maximum absolute atomic E-state index is 12.2. The van der Waals surface area contributed by atoms with Gasteiger partial charge in [0.1, 0.15) is 9.90 Å². The Kier molecular flexibility index (Phi) is 4.05. The Morgan fingerprint density at radius 3 is 2.61 bits per heavy atom. The van der Waals surface area contributed by atoms with E-state index >= 15 is 0 Å². The number of sulfonamides is 1. The number of aryl methyl sites for hydroxylation is 1. The average molecular weight is 413 g/mol. The Labute approximate surface area is 125 Å². The van der Waals surface area contributed by atoms with Gasteiger partial charge in [-0.2, -0.15) is 0 Å². The lowest BCUT2D eigenvalue weighted by molar-refractivity contribution is 0.600. The zero-order chi connectivity index (χ0) is 13.3. The summed E-state index contributed by atoms with van der Waals surface area (Å²) in [6, 6.07) is 4.92. The monoisotopic (exact) mass is 411 g/mol. The van der Waals surface area contributed by atoms with Gasteiger partial charge in [0.25, 0.3) is 10.0 Å². The molecule has 1 N–H and O–H groups in total. The molecule has 2 aromatic rings. The predicted molar refractivity (Wildman–Crippen MR) is 77.3 cm³/mol. The predicted octanol–water partition coefficient (Wildman–Crippen LogP) is 3.17. The topological polar surface area (TPSA) is 72.0 Å². The summed E-state index contributed by atoms with van der Waals surface area (Å²) in [7, 11) is -3.67. The van der Waals surface area contributed by atoms with Gasteiger partial charge in [0, 0.05) is 8.95 Å². The van der Waals surface area contributed by atoms with E-state index in [-0.39, 0.29) is 10.0 Å². The molecular formula is C9H7Br2N3O2S2. The van der Waals surface area contributed by atoms with Crippen LogP contribution in [0.25, 0.3) is 0 Å². The maximum Gasteiger partial charge on any atom is 0.264 e. The van der Waals surface area contributed by atoms with Crippen LogP contribution in [0.5, 0.6) is 0 Å². The molecule has 1 aromatic carbocycles. The molecule has 0 fully saturated rings. The minimum absolute atomic E-state index is 0.143. The van der Waals surface area contributed by atoms with Gasteiger partial charge in [0.15, 0.2) is 0 Å². The van der Waals surface area contributed by atoms with Crippen LogP contribution in [0, 0.1) is 6.92 Å². The molecule has 1 heterocycles. The first-order chi connectivity index (χ1) is 8.38. The first kappa shape index (κ1) is 13.9. The van der Waals surface area contributed by atoms with Crippen LogP contribution in [0.2, 0.25) is 0 Å². The second kappa shape index (κ2) is 5.24. The second-order valence-electron chi connectivity index (χ2n) is 3.31. The first-order valence-corrected chi connectivity index (χ1v) is 8.55. The highest BCUT2D eigenvalue weighted by atomic mass is 79.9. The van der Waals surface area contributed by atoms with Gasteiger partial charge < -0.3 is 0 Å². The van der Waals surface area contributed by atoms with Gasteiger partial charge in [-0.1, -0.05) is 27.3 Å². The molecule has 0 bridgehead atoms. The van der Waals surface area contributed by atoms with Crippen LogP contribution in [-0.2, 0) is 10.0 Å². The molecule has 0 radical (unpaired) electrons. The Morgan fingerprint density at radius 1 is 1.28 bits per heavy atom. The highest BCUT2D eigenvalue weighted by molar-refractivity contribution is 9.11. The van der Waals surface area contributed by atoms with Crippen molar-refractivity contribution in [2.75, 3.05) is 4.72 Å². The fraction of sp³-hybridized carbons (Fsp3) is 0.111. The third-order valence-electron chi connectivity index (χ3n) is 1.93. The molecule has 0 saturated heterocycles. The molecule has 0 aliphatic rings. The summed E-state index contributed by atoms with van der Waals surface area (Å²) in [5.74, 6) is 0. The number of anilines is 1. The fourth-order valence-corrected chi connectivity index (χ4v) is 4.52. The number of nitrogens with zero attached hydrogens (tertiary/aromatic N) is 2. The summed E-state index contributed by atoms with van der Waals surface area (Å²) in [5, 5.41) is 8.43. The molecule has 0 unspecified atom stereocenters. The molecule has 5 nitrogen and oxygen atoms in total. The lowest BCUT2D eigenvalue weighted by Crippen LogP contribution is -2.13. The van der Waals surface area contributed by atoms with Crippen molar-refractivity contribution in [2.24, 2.45) is 0 Å². The second-order valence-corrected chi connectivity index (χ2v) is 7.91. The summed E-state index contributed by atoms with van der Waals surface area (Å²) in [4.78, 5) is 0.143. The van der Waals surface area contributed by atoms with Crippen molar-refractivity contribution >= 4 is 58.4 Å². The van der Waals surface area contributed by atoms with Crippen LogP contribution in [0.3, 0.4) is 0 Å². The van der Waals surface area contributed by atoms with Gasteiger partial charge in [0.05, 0.1) is 0 Å². The molecule has 0 spiro atoms. The van der Waals surface area contributed by atoms with E-state index in [1.807, 2.05) is 0 Å². The molecule has 0 aliphatic carbocycles. The lowest BCUT2D eigenvalue weighted by atomic mass is 10.4. The smallest absolute Gasteiger partial charge is 0.253 e. The van der Waals surface area contributed by atoms with Gasteiger partial charge >= 0.3 is 0 Å². The SMILES string of the molecule is Cc1nnc(NS(=O)(=O)c2cc(Br)ccc2Br)s1. The first-order valence-electron chi connectivity index (χ1n) is 4.66. The number of halogens is 2. The van der Waals surface area contributed by atoms with Crippen LogP contribution in [0.1, 0.15) is 5.01 Å². The third-order valence-corrected chi connectivity index (χ3v) is 5.64. The fourth-order valence-electron chi connectivity index (χ4n) is 1.19. The molecule has 2 rings (SSSR count). The molecule has 0 amide bonds. The summed E-state index contributed by atoms with van der Waals surface area (Å²) in [6.07, 6.45) is 0. The standard InChI is InChI=1S/C9H7Br2N3O2S2/c1-5-12-13-9(17-5)14-18(15,16)8-4-6(10)2-3-7(8)11/h2-4H,1H3,(H,13,14). The van der Waals surface area contributed by atoms with Gasteiger partial charge in [-0.3, -0.25) is 4.72 Å². The summed E-state index contributed by atoms with van der Waals surface area (Å²) >= 11 is 7.63. The van der Waals surface area contributed by atoms with Crippen LogP contribution in [0.15, 0.2) is 32.0 Å². The minimum Gasteiger partial charge on any atom is -0.253 e. The quantitative estimate of drug-likeness (QED) is 0.840. The van der Waals surface area contributed by atoms with Crippen LogP contribution >= 0.6 is 43.2 Å². The number of hydrogen-bond acceptors (Lipinski definition) is 5. The van der Waals surface area contributed by atoms with E-state index < -0.39 is 10.0 Å². The Hall–Kier alpha value is -0.510. The Morgan fingerprint density at radius 2 is 2.00 bits per heavy atom. The van der Waals surface area contributed by atoms with Gasteiger partial charge in [-0.05, 0) is 41.1 Å². The third kappa shape index (κ3) is 3.08. The van der Waals surface area contributed by atoms with Gasteiger partial charge in [0.2, 0.25) is 5.13 Å². The van der Waals surface area contributed by atoms with E-state index in [9.17, 15) is 8.42 Å². The molecule has 18 heavy (non-hydrogen) atoms. The molecule has 9 heteroatoms. The highest BCUT2D eigenvalue weighted by Crippen LogP contribution is 2.28. The Bertz CT molecular complexity index is 685. The maximum atomic E-state index is 12.2. The van der Waals surface area contributed by atoms with E-state index in [0.717, 1.165) is 0 Å². The lowest BCUT2D eigenvalue weighted by Gasteiger charge is -2.07. The van der Waals surface area contributed by atoms with Crippen molar-refractivity contribution in [1.29, 1.82) is 0 Å². The van der Waals surface area contributed by atoms with E-state index in [1.165, 1.54) is 17.4 Å². The zero-order valence-corrected chi connectivity index (χ0v) is 13.8. The van der Waals surface area contributed by atoms with Crippen molar-refractivity contribution in [3.05, 3.63) is 32.2 Å². The summed E-state index contributed by atoms with van der Waals surface area (Å²) in [6.45, 7) is 1.75. The van der Waals surface area contributed by atoms with E-state index in [1.54, 1.807) is 19.1 Å². The van der Waals surface area contributed by atoms with Crippen molar-refractivity contribution < 1.29 is 8.42 Å². The number of rotatable bonds is 3. The van der Waals surface area contributed by atoms with Crippen molar-refractivity contribution in [3.63, 3.8) is 0 Å². The number of nitrogens with one attached hydrogen (secondary N) is 1. The van der Waals surface area contributed by atoms with E-state index in [4.69, 9.17) is 0 Å². The van der Waals surface area contributed by atoms with Crippen molar-refractivity contribution in [1.82, 2.24) is 10.2 Å². The van der Waals surface area contributed by atoms with Crippen molar-refractivity contribution in [3.8, 4) is 0 Å². The summed E-state index contributed by atoms with van der Waals surface area (Å²) < 4.78 is 27.9. The molecule has 0 atom stereocenters. The van der Waals surface area contributed by atoms with Crippen molar-refractivity contribution in [2.45, 2.75) is 11.8 Å². The molecule has 1 aromatic heterocycles. The van der Waals surface area contributed by atoms with E-state index in [0.29, 0.717) is 14.0 Å². The molecular weight excluding hydrogens is 406 g/mol. The van der Waals surface area contributed by atoms with Crippen LogP contribution in [0.4, 0.5) is 5.13 Å². The normalized spacial score (nSPS) is 11.5. The molecule has 96 valence electrons. The zero-order valence-electron chi connectivity index (χ0n) is 9.02. The number of benzene rings is 1. The Balaban J connectivity index is 2.39. The number of aromatic nitrogens is 2. The van der Waals surface area contributed by atoms with Crippen LogP contribution in [-0.4, -0.2) is 18.6 Å². The summed E-state index contributed by atoms with van der Waals surface area (Å²) in [5.41, 5.74) is 0. The highest BCUT2D eigenvalue weighted by Gasteiger charge is 2.19. The molecule has 0 aliphatic heterocycles. The van der Waals surface area contributed by atoms with Gasteiger partial charge in [-0.15, -0.1) is 10.2 Å².